The predicted molar refractivity (Wildman–Crippen MR) is 123 cm³/mol. The molecule has 2 aromatic carbocycles. The van der Waals surface area contributed by atoms with Crippen LogP contribution in [0.25, 0.3) is 10.2 Å². The molecule has 9 nitrogen and oxygen atoms in total. The van der Waals surface area contributed by atoms with E-state index in [1.54, 1.807) is 42.5 Å². The van der Waals surface area contributed by atoms with Crippen molar-refractivity contribution in [3.8, 4) is 0 Å². The van der Waals surface area contributed by atoms with Crippen molar-refractivity contribution < 1.29 is 19.2 Å². The van der Waals surface area contributed by atoms with Crippen molar-refractivity contribution in [3.63, 3.8) is 0 Å². The molecule has 0 atom stereocenters. The van der Waals surface area contributed by atoms with Crippen LogP contribution in [0, 0.1) is 0 Å². The Labute approximate surface area is 193 Å². The number of fused-ring (bicyclic) bond motifs is 2. The summed E-state index contributed by atoms with van der Waals surface area (Å²) in [4.78, 5) is 59.6. The molecule has 5 rings (SSSR count). The number of likely N-dealkylation sites (N-methyl/N-ethyl adjacent to an activating group) is 1. The van der Waals surface area contributed by atoms with Gasteiger partial charge >= 0.3 is 0 Å². The van der Waals surface area contributed by atoms with E-state index in [4.69, 9.17) is 0 Å². The fourth-order valence-electron chi connectivity index (χ4n) is 3.99. The molecule has 1 aromatic heterocycles. The number of aromatic nitrogens is 1. The lowest BCUT2D eigenvalue weighted by Gasteiger charge is -2.32. The third-order valence-corrected chi connectivity index (χ3v) is 6.79. The van der Waals surface area contributed by atoms with Gasteiger partial charge in [0.05, 0.1) is 21.3 Å². The normalized spacial score (nSPS) is 16.4. The molecular formula is C23H21N5O4S. The maximum absolute atomic E-state index is 12.8. The van der Waals surface area contributed by atoms with E-state index in [2.05, 4.69) is 15.2 Å². The summed E-state index contributed by atoms with van der Waals surface area (Å²) < 4.78 is 0.769. The molecule has 4 amide bonds. The van der Waals surface area contributed by atoms with Crippen LogP contribution >= 0.6 is 11.3 Å². The van der Waals surface area contributed by atoms with Crippen molar-refractivity contribution in [2.24, 2.45) is 0 Å². The van der Waals surface area contributed by atoms with Gasteiger partial charge in [-0.1, -0.05) is 23.5 Å². The molecule has 0 unspecified atom stereocenters. The minimum absolute atomic E-state index is 0.0189. The first-order valence-electron chi connectivity index (χ1n) is 10.5. The van der Waals surface area contributed by atoms with Crippen LogP contribution in [0.1, 0.15) is 31.1 Å². The van der Waals surface area contributed by atoms with E-state index in [-0.39, 0.29) is 5.91 Å². The van der Waals surface area contributed by atoms with Crippen molar-refractivity contribution in [1.29, 1.82) is 0 Å². The summed E-state index contributed by atoms with van der Waals surface area (Å²) in [5.41, 5.74) is 1.84. The zero-order valence-electron chi connectivity index (χ0n) is 17.9. The Morgan fingerprint density at radius 1 is 1.00 bits per heavy atom. The zero-order valence-corrected chi connectivity index (χ0v) is 18.7. The Hall–Kier alpha value is -3.63. The number of benzene rings is 2. The van der Waals surface area contributed by atoms with E-state index in [1.165, 1.54) is 11.3 Å². The van der Waals surface area contributed by atoms with Crippen LogP contribution in [0.5, 0.6) is 0 Å². The van der Waals surface area contributed by atoms with Crippen LogP contribution in [0.4, 0.5) is 5.13 Å². The number of nitrogens with one attached hydrogen (secondary N) is 1. The third-order valence-electron chi connectivity index (χ3n) is 5.85. The molecule has 3 aromatic rings. The molecule has 2 aliphatic rings. The average Bonchev–Trinajstić information content (AvgIpc) is 3.32. The Balaban J connectivity index is 1.27. The number of amides is 4. The van der Waals surface area contributed by atoms with E-state index in [1.807, 2.05) is 11.9 Å². The van der Waals surface area contributed by atoms with Crippen LogP contribution in [0.3, 0.4) is 0 Å². The van der Waals surface area contributed by atoms with Crippen LogP contribution in [0.2, 0.25) is 0 Å². The molecular weight excluding hydrogens is 442 g/mol. The van der Waals surface area contributed by atoms with Gasteiger partial charge in [-0.2, -0.15) is 0 Å². The van der Waals surface area contributed by atoms with E-state index >= 15 is 0 Å². The van der Waals surface area contributed by atoms with E-state index in [0.717, 1.165) is 22.7 Å². The Kier molecular flexibility index (Phi) is 5.39. The molecule has 1 fully saturated rings. The summed E-state index contributed by atoms with van der Waals surface area (Å²) in [6, 6.07) is 11.8. The number of carbonyl (C=O) groups is 4. The maximum atomic E-state index is 12.8. The number of hydrogen-bond donors (Lipinski definition) is 1. The van der Waals surface area contributed by atoms with Gasteiger partial charge in [-0.3, -0.25) is 24.1 Å². The first kappa shape index (κ1) is 21.2. The number of rotatable bonds is 4. The molecule has 1 saturated heterocycles. The highest BCUT2D eigenvalue weighted by Gasteiger charge is 2.36. The minimum atomic E-state index is -0.516. The van der Waals surface area contributed by atoms with Gasteiger partial charge in [0.2, 0.25) is 5.91 Å². The average molecular weight is 464 g/mol. The fraction of sp³-hybridized carbons (Fsp3) is 0.261. The number of carbonyl (C=O) groups excluding carboxylic acids is 4. The lowest BCUT2D eigenvalue weighted by atomic mass is 10.1. The van der Waals surface area contributed by atoms with Crippen molar-refractivity contribution in [3.05, 3.63) is 59.2 Å². The summed E-state index contributed by atoms with van der Waals surface area (Å²) in [7, 11) is 2.04. The summed E-state index contributed by atoms with van der Waals surface area (Å²) >= 11 is 1.24. The van der Waals surface area contributed by atoms with Crippen molar-refractivity contribution in [1.82, 2.24) is 19.7 Å². The topological polar surface area (TPSA) is 103 Å². The first-order chi connectivity index (χ1) is 15.9. The number of imide groups is 1. The molecule has 33 heavy (non-hydrogen) atoms. The molecule has 2 aliphatic heterocycles. The standard InChI is InChI=1S/C23H21N5O4S/c1-26-8-10-27(11-9-26)20(30)14-6-7-17-18(12-14)33-23(24-17)25-19(29)13-28-21(31)15-4-2-3-5-16(15)22(28)32/h2-7,12H,8-11,13H2,1H3,(H,24,25,29). The molecule has 168 valence electrons. The molecule has 0 bridgehead atoms. The Morgan fingerprint density at radius 3 is 2.33 bits per heavy atom. The van der Waals surface area contributed by atoms with E-state index in [9.17, 15) is 19.2 Å². The predicted octanol–water partition coefficient (Wildman–Crippen LogP) is 1.92. The van der Waals surface area contributed by atoms with Gasteiger partial charge in [0.1, 0.15) is 6.54 Å². The highest BCUT2D eigenvalue weighted by atomic mass is 32.1. The van der Waals surface area contributed by atoms with Gasteiger partial charge in [0.15, 0.2) is 5.13 Å². The lowest BCUT2D eigenvalue weighted by Crippen LogP contribution is -2.47. The largest absolute Gasteiger partial charge is 0.336 e. The molecule has 0 saturated carbocycles. The SMILES string of the molecule is CN1CCN(C(=O)c2ccc3nc(NC(=O)CN4C(=O)c5ccccc5C4=O)sc3c2)CC1. The number of nitrogens with zero attached hydrogens (tertiary/aromatic N) is 4. The summed E-state index contributed by atoms with van der Waals surface area (Å²) in [6.45, 7) is 2.68. The monoisotopic (exact) mass is 463 g/mol. The zero-order chi connectivity index (χ0) is 23.1. The maximum Gasteiger partial charge on any atom is 0.262 e. The summed E-state index contributed by atoms with van der Waals surface area (Å²) in [5, 5.41) is 3.01. The van der Waals surface area contributed by atoms with E-state index in [0.29, 0.717) is 40.4 Å². The van der Waals surface area contributed by atoms with Gasteiger partial charge in [0.25, 0.3) is 17.7 Å². The molecule has 1 N–H and O–H groups in total. The van der Waals surface area contributed by atoms with Crippen molar-refractivity contribution in [2.45, 2.75) is 0 Å². The van der Waals surface area contributed by atoms with Crippen LogP contribution in [-0.2, 0) is 4.79 Å². The summed E-state index contributed by atoms with van der Waals surface area (Å²) in [6.07, 6.45) is 0. The summed E-state index contributed by atoms with van der Waals surface area (Å²) in [5.74, 6) is -1.50. The van der Waals surface area contributed by atoms with Gasteiger partial charge < -0.3 is 15.1 Å². The van der Waals surface area contributed by atoms with Gasteiger partial charge in [-0.05, 0) is 37.4 Å². The second kappa shape index (κ2) is 8.38. The molecule has 3 heterocycles. The van der Waals surface area contributed by atoms with Gasteiger partial charge in [-0.15, -0.1) is 0 Å². The van der Waals surface area contributed by atoms with Crippen LogP contribution in [-0.4, -0.2) is 83.1 Å². The number of hydrogen-bond acceptors (Lipinski definition) is 7. The van der Waals surface area contributed by atoms with Crippen molar-refractivity contribution in [2.75, 3.05) is 45.1 Å². The highest BCUT2D eigenvalue weighted by Crippen LogP contribution is 2.28. The highest BCUT2D eigenvalue weighted by molar-refractivity contribution is 7.22. The molecule has 0 aliphatic carbocycles. The second-order valence-electron chi connectivity index (χ2n) is 8.09. The minimum Gasteiger partial charge on any atom is -0.336 e. The Bertz CT molecular complexity index is 1260. The van der Waals surface area contributed by atoms with Crippen LogP contribution in [0.15, 0.2) is 42.5 Å². The quantitative estimate of drug-likeness (QED) is 0.593. The number of thiazole rings is 1. The first-order valence-corrected chi connectivity index (χ1v) is 11.4. The fourth-order valence-corrected chi connectivity index (χ4v) is 4.91. The second-order valence-corrected chi connectivity index (χ2v) is 9.12. The molecule has 10 heteroatoms. The third kappa shape index (κ3) is 3.98. The number of piperazine rings is 1. The molecule has 0 radical (unpaired) electrons. The molecule has 0 spiro atoms. The lowest BCUT2D eigenvalue weighted by molar-refractivity contribution is -0.116. The van der Waals surface area contributed by atoms with E-state index < -0.39 is 24.3 Å². The smallest absolute Gasteiger partial charge is 0.262 e. The van der Waals surface area contributed by atoms with Crippen LogP contribution < -0.4 is 5.32 Å². The number of anilines is 1. The van der Waals surface area contributed by atoms with Crippen molar-refractivity contribution >= 4 is 50.3 Å². The van der Waals surface area contributed by atoms with Gasteiger partial charge in [0, 0.05) is 31.7 Å². The van der Waals surface area contributed by atoms with Gasteiger partial charge in [-0.25, -0.2) is 4.98 Å². The Morgan fingerprint density at radius 2 is 1.67 bits per heavy atom.